The van der Waals surface area contributed by atoms with Gasteiger partial charge in [0.1, 0.15) is 6.61 Å². The molecule has 1 aromatic heterocycles. The van der Waals surface area contributed by atoms with Gasteiger partial charge < -0.3 is 19.9 Å². The zero-order valence-electron chi connectivity index (χ0n) is 18.1. The van der Waals surface area contributed by atoms with Crippen molar-refractivity contribution in [3.63, 3.8) is 0 Å². The van der Waals surface area contributed by atoms with Gasteiger partial charge in [0.05, 0.1) is 17.8 Å². The van der Waals surface area contributed by atoms with Crippen molar-refractivity contribution in [3.05, 3.63) is 64.7 Å². The number of fused-ring (bicyclic) bond motifs is 2. The van der Waals surface area contributed by atoms with Gasteiger partial charge in [-0.1, -0.05) is 35.2 Å². The summed E-state index contributed by atoms with van der Waals surface area (Å²) in [5.41, 5.74) is 1.79. The minimum atomic E-state index is -0.170. The molecule has 7 nitrogen and oxygen atoms in total. The van der Waals surface area contributed by atoms with Crippen molar-refractivity contribution in [2.24, 2.45) is 0 Å². The second-order valence-corrected chi connectivity index (χ2v) is 9.83. The molecule has 32 heavy (non-hydrogen) atoms. The van der Waals surface area contributed by atoms with Crippen LogP contribution in [-0.2, 0) is 6.54 Å². The molecule has 1 aliphatic heterocycles. The Labute approximate surface area is 195 Å². The van der Waals surface area contributed by atoms with Gasteiger partial charge in [0, 0.05) is 40.0 Å². The summed E-state index contributed by atoms with van der Waals surface area (Å²) in [5.74, 6) is -0.298. The smallest absolute Gasteiger partial charge is 0.273 e. The zero-order chi connectivity index (χ0) is 22.7. The number of carbonyl (C=O) groups is 2. The topological polar surface area (TPSA) is 74.8 Å². The van der Waals surface area contributed by atoms with Gasteiger partial charge >= 0.3 is 0 Å². The number of nitrogens with zero attached hydrogens (tertiary/aromatic N) is 3. The number of thiazole rings is 1. The number of rotatable bonds is 7. The molecular formula is C23H24N4O3S2. The summed E-state index contributed by atoms with van der Waals surface area (Å²) in [4.78, 5) is 36.3. The van der Waals surface area contributed by atoms with Crippen molar-refractivity contribution in [1.29, 1.82) is 0 Å². The van der Waals surface area contributed by atoms with Gasteiger partial charge in [0.15, 0.2) is 0 Å². The minimum absolute atomic E-state index is 0.128. The fourth-order valence-corrected chi connectivity index (χ4v) is 5.02. The molecule has 0 aliphatic carbocycles. The van der Waals surface area contributed by atoms with Crippen LogP contribution in [0.5, 0.6) is 5.19 Å². The number of benzene rings is 2. The van der Waals surface area contributed by atoms with Crippen LogP contribution in [0.25, 0.3) is 0 Å². The van der Waals surface area contributed by atoms with Gasteiger partial charge in [0.2, 0.25) is 0 Å². The molecule has 2 aromatic carbocycles. The molecule has 0 radical (unpaired) electrons. The van der Waals surface area contributed by atoms with Crippen LogP contribution in [0.2, 0.25) is 0 Å². The summed E-state index contributed by atoms with van der Waals surface area (Å²) in [7, 11) is 5.73. The van der Waals surface area contributed by atoms with Crippen LogP contribution in [0.3, 0.4) is 0 Å². The van der Waals surface area contributed by atoms with E-state index in [2.05, 4.69) is 10.3 Å². The molecule has 1 aliphatic rings. The Kier molecular flexibility index (Phi) is 6.78. The van der Waals surface area contributed by atoms with E-state index < -0.39 is 0 Å². The number of anilines is 1. The highest BCUT2D eigenvalue weighted by Gasteiger charge is 2.22. The third kappa shape index (κ3) is 5.12. The van der Waals surface area contributed by atoms with Crippen molar-refractivity contribution in [1.82, 2.24) is 14.8 Å². The first-order valence-corrected chi connectivity index (χ1v) is 11.7. The predicted molar refractivity (Wildman–Crippen MR) is 127 cm³/mol. The van der Waals surface area contributed by atoms with Crippen LogP contribution in [0.15, 0.2) is 58.5 Å². The molecule has 2 amide bonds. The summed E-state index contributed by atoms with van der Waals surface area (Å²) in [6, 6.07) is 12.9. The largest absolute Gasteiger partial charge is 0.469 e. The molecule has 3 aromatic rings. The summed E-state index contributed by atoms with van der Waals surface area (Å²) < 4.78 is 5.65. The Hall–Kier alpha value is -2.88. The number of amides is 2. The SMILES string of the molecule is CN(C)CCOc1ncc(CN(C)C(=O)c2ccc3c(c2)NC(=O)c2ccccc2S3)s1. The van der Waals surface area contributed by atoms with Crippen molar-refractivity contribution < 1.29 is 14.3 Å². The lowest BCUT2D eigenvalue weighted by atomic mass is 10.1. The molecule has 2 heterocycles. The van der Waals surface area contributed by atoms with Crippen molar-refractivity contribution in [3.8, 4) is 5.19 Å². The van der Waals surface area contributed by atoms with Crippen LogP contribution in [0, 0.1) is 0 Å². The molecule has 0 saturated heterocycles. The minimum Gasteiger partial charge on any atom is -0.469 e. The predicted octanol–water partition coefficient (Wildman–Crippen LogP) is 4.07. The average Bonchev–Trinajstić information content (AvgIpc) is 3.15. The maximum atomic E-state index is 13.0. The standard InChI is InChI=1S/C23H24N4O3S2/c1-26(2)10-11-30-23-24-13-16(31-23)14-27(3)22(29)15-8-9-20-18(12-15)25-21(28)17-6-4-5-7-19(17)32-20/h4-9,12-13H,10-11,14H2,1-3H3,(H,25,28). The third-order valence-corrected chi connectivity index (χ3v) is 6.91. The Bertz CT molecular complexity index is 1150. The lowest BCUT2D eigenvalue weighted by Gasteiger charge is -2.17. The number of carbonyl (C=O) groups excluding carboxylic acids is 2. The molecular weight excluding hydrogens is 444 g/mol. The number of hydrogen-bond donors (Lipinski definition) is 1. The summed E-state index contributed by atoms with van der Waals surface area (Å²) in [5, 5.41) is 3.54. The van der Waals surface area contributed by atoms with Crippen LogP contribution in [0.4, 0.5) is 5.69 Å². The van der Waals surface area contributed by atoms with E-state index >= 15 is 0 Å². The molecule has 1 N–H and O–H groups in total. The van der Waals surface area contributed by atoms with E-state index in [0.29, 0.717) is 35.2 Å². The first-order valence-electron chi connectivity index (χ1n) is 10.1. The van der Waals surface area contributed by atoms with Crippen molar-refractivity contribution >= 4 is 40.6 Å². The lowest BCUT2D eigenvalue weighted by Crippen LogP contribution is -2.26. The number of nitrogens with one attached hydrogen (secondary N) is 1. The Morgan fingerprint density at radius 2 is 1.94 bits per heavy atom. The maximum absolute atomic E-state index is 13.0. The van der Waals surface area contributed by atoms with E-state index in [1.165, 1.54) is 23.1 Å². The van der Waals surface area contributed by atoms with E-state index in [-0.39, 0.29) is 11.8 Å². The monoisotopic (exact) mass is 468 g/mol. The highest BCUT2D eigenvalue weighted by molar-refractivity contribution is 7.99. The second kappa shape index (κ2) is 9.72. The van der Waals surface area contributed by atoms with Crippen molar-refractivity contribution in [2.45, 2.75) is 16.3 Å². The molecule has 0 bridgehead atoms. The van der Waals surface area contributed by atoms with Crippen LogP contribution >= 0.6 is 23.1 Å². The second-order valence-electron chi connectivity index (χ2n) is 7.67. The average molecular weight is 469 g/mol. The first-order chi connectivity index (χ1) is 15.4. The van der Waals surface area contributed by atoms with Gasteiger partial charge in [-0.15, -0.1) is 0 Å². The van der Waals surface area contributed by atoms with E-state index in [1.54, 1.807) is 36.3 Å². The van der Waals surface area contributed by atoms with Gasteiger partial charge in [-0.25, -0.2) is 4.98 Å². The molecule has 0 saturated carbocycles. The van der Waals surface area contributed by atoms with Crippen LogP contribution in [0.1, 0.15) is 25.6 Å². The normalized spacial score (nSPS) is 12.6. The van der Waals surface area contributed by atoms with Gasteiger partial charge in [-0.3, -0.25) is 9.59 Å². The van der Waals surface area contributed by atoms with Gasteiger partial charge in [-0.2, -0.15) is 0 Å². The van der Waals surface area contributed by atoms with Crippen LogP contribution < -0.4 is 10.1 Å². The number of likely N-dealkylation sites (N-methyl/N-ethyl adjacent to an activating group) is 1. The zero-order valence-corrected chi connectivity index (χ0v) is 19.8. The Morgan fingerprint density at radius 3 is 2.75 bits per heavy atom. The third-order valence-electron chi connectivity index (χ3n) is 4.86. The Morgan fingerprint density at radius 1 is 1.12 bits per heavy atom. The van der Waals surface area contributed by atoms with E-state index in [0.717, 1.165) is 21.2 Å². The fraction of sp³-hybridized carbons (Fsp3) is 0.261. The molecule has 0 atom stereocenters. The summed E-state index contributed by atoms with van der Waals surface area (Å²) >= 11 is 2.96. The van der Waals surface area contributed by atoms with Gasteiger partial charge in [-0.05, 0) is 44.4 Å². The quantitative estimate of drug-likeness (QED) is 0.563. The number of hydrogen-bond acceptors (Lipinski definition) is 7. The molecule has 0 unspecified atom stereocenters. The maximum Gasteiger partial charge on any atom is 0.273 e. The molecule has 0 fully saturated rings. The molecule has 9 heteroatoms. The highest BCUT2D eigenvalue weighted by atomic mass is 32.2. The van der Waals surface area contributed by atoms with E-state index in [4.69, 9.17) is 4.74 Å². The highest BCUT2D eigenvalue weighted by Crippen LogP contribution is 2.39. The van der Waals surface area contributed by atoms with Crippen LogP contribution in [-0.4, -0.2) is 60.9 Å². The van der Waals surface area contributed by atoms with E-state index in [1.807, 2.05) is 43.3 Å². The number of ether oxygens (including phenoxy) is 1. The lowest BCUT2D eigenvalue weighted by molar-refractivity contribution is 0.0786. The first kappa shape index (κ1) is 22.3. The van der Waals surface area contributed by atoms with E-state index in [9.17, 15) is 9.59 Å². The molecule has 0 spiro atoms. The summed E-state index contributed by atoms with van der Waals surface area (Å²) in [6.45, 7) is 1.81. The van der Waals surface area contributed by atoms with Gasteiger partial charge in [0.25, 0.3) is 17.0 Å². The van der Waals surface area contributed by atoms with Crippen molar-refractivity contribution in [2.75, 3.05) is 39.6 Å². The Balaban J connectivity index is 1.43. The fourth-order valence-electron chi connectivity index (χ4n) is 3.17. The number of aromatic nitrogens is 1. The molecule has 4 rings (SSSR count). The molecule has 166 valence electrons. The summed E-state index contributed by atoms with van der Waals surface area (Å²) in [6.07, 6.45) is 1.74.